The summed E-state index contributed by atoms with van der Waals surface area (Å²) in [7, 11) is 0. The first-order chi connectivity index (χ1) is 8.47. The molecular weight excluding hydrogens is 224 g/mol. The predicted octanol–water partition coefficient (Wildman–Crippen LogP) is 2.71. The van der Waals surface area contributed by atoms with Crippen LogP contribution in [0.25, 0.3) is 0 Å². The molecule has 0 aromatic carbocycles. The Morgan fingerprint density at radius 3 is 2.56 bits per heavy atom. The molecule has 0 radical (unpaired) electrons. The Morgan fingerprint density at radius 1 is 1.22 bits per heavy atom. The van der Waals surface area contributed by atoms with Crippen molar-refractivity contribution < 1.29 is 4.79 Å². The van der Waals surface area contributed by atoms with Crippen molar-refractivity contribution in [3.05, 3.63) is 0 Å². The first-order valence-electron chi connectivity index (χ1n) is 7.50. The Kier molecular flexibility index (Phi) is 6.69. The molecule has 1 fully saturated rings. The normalized spacial score (nSPS) is 24.6. The third-order valence-electron chi connectivity index (χ3n) is 3.59. The lowest BCUT2D eigenvalue weighted by molar-refractivity contribution is -0.120. The van der Waals surface area contributed by atoms with Crippen molar-refractivity contribution in [3.63, 3.8) is 0 Å². The summed E-state index contributed by atoms with van der Waals surface area (Å²) in [5, 5.41) is 6.34. The Labute approximate surface area is 112 Å². The topological polar surface area (TPSA) is 41.1 Å². The molecule has 3 heteroatoms. The Morgan fingerprint density at radius 2 is 1.94 bits per heavy atom. The maximum Gasteiger partial charge on any atom is 0.234 e. The first-order valence-corrected chi connectivity index (χ1v) is 7.50. The number of carbonyl (C=O) groups is 1. The number of nitrogens with one attached hydrogen (secondary N) is 2. The lowest BCUT2D eigenvalue weighted by Crippen LogP contribution is -2.43. The molecule has 0 aromatic heterocycles. The van der Waals surface area contributed by atoms with Crippen molar-refractivity contribution in [1.82, 2.24) is 10.6 Å². The van der Waals surface area contributed by atoms with Gasteiger partial charge in [-0.05, 0) is 44.9 Å². The van der Waals surface area contributed by atoms with E-state index in [4.69, 9.17) is 0 Å². The standard InChI is InChI=1S/C15H30N2O/c1-11(2)8-13-6-5-7-14(9-13)16-10-15(18)17-12(3)4/h11-14,16H,5-10H2,1-4H3,(H,17,18). The minimum Gasteiger partial charge on any atom is -0.353 e. The van der Waals surface area contributed by atoms with E-state index in [2.05, 4.69) is 24.5 Å². The van der Waals surface area contributed by atoms with Crippen LogP contribution >= 0.6 is 0 Å². The van der Waals surface area contributed by atoms with Gasteiger partial charge in [0.2, 0.25) is 5.91 Å². The second-order valence-electron chi connectivity index (χ2n) is 6.46. The van der Waals surface area contributed by atoms with Crippen LogP contribution in [-0.2, 0) is 4.79 Å². The van der Waals surface area contributed by atoms with Gasteiger partial charge >= 0.3 is 0 Å². The van der Waals surface area contributed by atoms with Crippen LogP contribution in [0.5, 0.6) is 0 Å². The maximum atomic E-state index is 11.6. The van der Waals surface area contributed by atoms with E-state index in [1.54, 1.807) is 0 Å². The second kappa shape index (κ2) is 7.78. The fraction of sp³-hybridized carbons (Fsp3) is 0.933. The molecule has 3 nitrogen and oxygen atoms in total. The van der Waals surface area contributed by atoms with Crippen molar-refractivity contribution in [2.24, 2.45) is 11.8 Å². The predicted molar refractivity (Wildman–Crippen MR) is 76.5 cm³/mol. The molecule has 0 aromatic rings. The van der Waals surface area contributed by atoms with Gasteiger partial charge in [-0.1, -0.05) is 26.7 Å². The molecule has 0 spiro atoms. The number of hydrogen-bond donors (Lipinski definition) is 2. The zero-order valence-electron chi connectivity index (χ0n) is 12.5. The van der Waals surface area contributed by atoms with Gasteiger partial charge in [-0.2, -0.15) is 0 Å². The van der Waals surface area contributed by atoms with Crippen molar-refractivity contribution in [3.8, 4) is 0 Å². The van der Waals surface area contributed by atoms with E-state index in [9.17, 15) is 4.79 Å². The summed E-state index contributed by atoms with van der Waals surface area (Å²) >= 11 is 0. The zero-order valence-corrected chi connectivity index (χ0v) is 12.5. The van der Waals surface area contributed by atoms with Crippen LogP contribution in [0.1, 0.15) is 59.8 Å². The molecule has 1 amide bonds. The second-order valence-corrected chi connectivity index (χ2v) is 6.46. The number of amides is 1. The molecule has 1 saturated carbocycles. The van der Waals surface area contributed by atoms with Gasteiger partial charge in [-0.15, -0.1) is 0 Å². The summed E-state index contributed by atoms with van der Waals surface area (Å²) in [5.74, 6) is 1.76. The molecule has 0 saturated heterocycles. The largest absolute Gasteiger partial charge is 0.353 e. The van der Waals surface area contributed by atoms with Crippen LogP contribution in [0, 0.1) is 11.8 Å². The van der Waals surface area contributed by atoms with E-state index in [-0.39, 0.29) is 11.9 Å². The molecule has 2 atom stereocenters. The molecule has 1 aliphatic rings. The van der Waals surface area contributed by atoms with Crippen LogP contribution in [0.2, 0.25) is 0 Å². The summed E-state index contributed by atoms with van der Waals surface area (Å²) in [6.45, 7) is 9.06. The molecule has 2 N–H and O–H groups in total. The number of hydrogen-bond acceptors (Lipinski definition) is 2. The molecule has 1 aliphatic carbocycles. The molecule has 2 unspecified atom stereocenters. The Balaban J connectivity index is 2.23. The van der Waals surface area contributed by atoms with Crippen LogP contribution in [-0.4, -0.2) is 24.5 Å². The summed E-state index contributed by atoms with van der Waals surface area (Å²) in [6.07, 6.45) is 6.47. The minimum atomic E-state index is 0.121. The molecule has 1 rings (SSSR count). The molecule has 106 valence electrons. The van der Waals surface area contributed by atoms with Crippen LogP contribution in [0.3, 0.4) is 0 Å². The Hall–Kier alpha value is -0.570. The molecule has 0 bridgehead atoms. The quantitative estimate of drug-likeness (QED) is 0.765. The van der Waals surface area contributed by atoms with Crippen LogP contribution in [0.15, 0.2) is 0 Å². The smallest absolute Gasteiger partial charge is 0.234 e. The van der Waals surface area contributed by atoms with E-state index in [1.807, 2.05) is 13.8 Å². The van der Waals surface area contributed by atoms with Gasteiger partial charge < -0.3 is 10.6 Å². The fourth-order valence-corrected chi connectivity index (χ4v) is 2.97. The average Bonchev–Trinajstić information content (AvgIpc) is 2.25. The van der Waals surface area contributed by atoms with Gasteiger partial charge in [0, 0.05) is 12.1 Å². The lowest BCUT2D eigenvalue weighted by atomic mass is 9.81. The molecular formula is C15H30N2O. The summed E-state index contributed by atoms with van der Waals surface area (Å²) < 4.78 is 0. The maximum absolute atomic E-state index is 11.6. The molecule has 0 aliphatic heterocycles. The summed E-state index contributed by atoms with van der Waals surface area (Å²) in [4.78, 5) is 11.6. The zero-order chi connectivity index (χ0) is 13.5. The number of carbonyl (C=O) groups excluding carboxylic acids is 1. The highest BCUT2D eigenvalue weighted by Crippen LogP contribution is 2.29. The summed E-state index contributed by atoms with van der Waals surface area (Å²) in [6, 6.07) is 0.778. The van der Waals surface area contributed by atoms with Gasteiger partial charge in [0.25, 0.3) is 0 Å². The van der Waals surface area contributed by atoms with Crippen molar-refractivity contribution in [2.75, 3.05) is 6.54 Å². The first kappa shape index (κ1) is 15.5. The van der Waals surface area contributed by atoms with E-state index in [0.29, 0.717) is 12.6 Å². The average molecular weight is 254 g/mol. The van der Waals surface area contributed by atoms with Crippen LogP contribution < -0.4 is 10.6 Å². The van der Waals surface area contributed by atoms with Crippen molar-refractivity contribution >= 4 is 5.91 Å². The highest BCUT2D eigenvalue weighted by atomic mass is 16.1. The van der Waals surface area contributed by atoms with Crippen LogP contribution in [0.4, 0.5) is 0 Å². The summed E-state index contributed by atoms with van der Waals surface area (Å²) in [5.41, 5.74) is 0. The third-order valence-corrected chi connectivity index (χ3v) is 3.59. The highest BCUT2D eigenvalue weighted by molar-refractivity contribution is 5.78. The minimum absolute atomic E-state index is 0.121. The van der Waals surface area contributed by atoms with Crippen molar-refractivity contribution in [1.29, 1.82) is 0 Å². The number of rotatable bonds is 6. The van der Waals surface area contributed by atoms with E-state index >= 15 is 0 Å². The molecule has 18 heavy (non-hydrogen) atoms. The van der Waals surface area contributed by atoms with Gasteiger partial charge in [-0.3, -0.25) is 4.79 Å². The van der Waals surface area contributed by atoms with Gasteiger partial charge in [-0.25, -0.2) is 0 Å². The van der Waals surface area contributed by atoms with Gasteiger partial charge in [0.1, 0.15) is 0 Å². The van der Waals surface area contributed by atoms with E-state index < -0.39 is 0 Å². The third kappa shape index (κ3) is 6.39. The fourth-order valence-electron chi connectivity index (χ4n) is 2.97. The van der Waals surface area contributed by atoms with E-state index in [0.717, 1.165) is 11.8 Å². The lowest BCUT2D eigenvalue weighted by Gasteiger charge is -2.30. The van der Waals surface area contributed by atoms with Gasteiger partial charge in [0.15, 0.2) is 0 Å². The Bertz CT molecular complexity index is 251. The molecule has 0 heterocycles. The monoisotopic (exact) mass is 254 g/mol. The highest BCUT2D eigenvalue weighted by Gasteiger charge is 2.22. The SMILES string of the molecule is CC(C)CC1CCCC(NCC(=O)NC(C)C)C1. The van der Waals surface area contributed by atoms with E-state index in [1.165, 1.54) is 32.1 Å². The van der Waals surface area contributed by atoms with Crippen molar-refractivity contribution in [2.45, 2.75) is 71.9 Å². The van der Waals surface area contributed by atoms with Gasteiger partial charge in [0.05, 0.1) is 6.54 Å².